The second kappa shape index (κ2) is 8.45. The fraction of sp³-hybridized carbons (Fsp3) is 0.0526. The van der Waals surface area contributed by atoms with Gasteiger partial charge in [0, 0.05) is 16.1 Å². The lowest BCUT2D eigenvalue weighted by Gasteiger charge is -2.07. The van der Waals surface area contributed by atoms with Gasteiger partial charge >= 0.3 is 0 Å². The summed E-state index contributed by atoms with van der Waals surface area (Å²) >= 11 is 13.2. The molecular weight excluding hydrogens is 393 g/mol. The van der Waals surface area contributed by atoms with E-state index in [4.69, 9.17) is 27.6 Å². The molecule has 0 aliphatic carbocycles. The molecule has 7 heteroatoms. The van der Waals surface area contributed by atoms with Crippen molar-refractivity contribution < 1.29 is 14.0 Å². The number of thioether (sulfide) groups is 1. The molecule has 0 bridgehead atoms. The molecule has 132 valence electrons. The van der Waals surface area contributed by atoms with E-state index in [0.29, 0.717) is 21.3 Å². The van der Waals surface area contributed by atoms with Crippen molar-refractivity contribution in [1.29, 1.82) is 0 Å². The van der Waals surface area contributed by atoms with Crippen molar-refractivity contribution >= 4 is 52.3 Å². The van der Waals surface area contributed by atoms with Gasteiger partial charge in [-0.3, -0.25) is 9.59 Å². The Morgan fingerprint density at radius 1 is 1.00 bits per heavy atom. The first kappa shape index (κ1) is 18.6. The zero-order valence-corrected chi connectivity index (χ0v) is 15.7. The number of halogens is 2. The van der Waals surface area contributed by atoms with E-state index in [1.54, 1.807) is 42.5 Å². The number of furan rings is 1. The number of nitrogens with one attached hydrogen (secondary N) is 1. The summed E-state index contributed by atoms with van der Waals surface area (Å²) in [5.41, 5.74) is 1.13. The maximum Gasteiger partial charge on any atom is 0.291 e. The third kappa shape index (κ3) is 4.69. The summed E-state index contributed by atoms with van der Waals surface area (Å²) in [5.74, 6) is 0.0913. The van der Waals surface area contributed by atoms with E-state index in [1.165, 1.54) is 18.0 Å². The molecule has 0 fully saturated rings. The van der Waals surface area contributed by atoms with Crippen LogP contribution in [0.5, 0.6) is 0 Å². The van der Waals surface area contributed by atoms with Crippen molar-refractivity contribution in [3.05, 3.63) is 82.2 Å². The summed E-state index contributed by atoms with van der Waals surface area (Å²) in [6, 6.07) is 15.3. The molecule has 0 unspecified atom stereocenters. The minimum atomic E-state index is -0.330. The van der Waals surface area contributed by atoms with Crippen LogP contribution in [-0.4, -0.2) is 17.4 Å². The predicted octanol–water partition coefficient (Wildman–Crippen LogP) is 5.81. The number of hydrogen-bond donors (Lipinski definition) is 1. The molecule has 2 aromatic carbocycles. The highest BCUT2D eigenvalue weighted by atomic mass is 35.5. The van der Waals surface area contributed by atoms with Crippen LogP contribution >= 0.6 is 35.0 Å². The SMILES string of the molecule is O=C(CSc1cccc(NC(=O)c2ccco2)c1)c1ccc(Cl)c(Cl)c1. The fourth-order valence-electron chi connectivity index (χ4n) is 2.17. The Bertz CT molecular complexity index is 942. The standard InChI is InChI=1S/C19H13Cl2NO3S/c20-15-7-6-12(9-16(15)21)17(23)11-26-14-4-1-3-13(10-14)22-19(24)18-5-2-8-25-18/h1-10H,11H2,(H,22,24). The second-order valence-corrected chi connectivity index (χ2v) is 7.16. The molecule has 26 heavy (non-hydrogen) atoms. The average Bonchev–Trinajstić information content (AvgIpc) is 3.17. The van der Waals surface area contributed by atoms with Crippen molar-refractivity contribution in [2.45, 2.75) is 4.90 Å². The molecule has 0 radical (unpaired) electrons. The lowest BCUT2D eigenvalue weighted by Crippen LogP contribution is -2.10. The molecule has 0 aliphatic rings. The first-order chi connectivity index (χ1) is 12.5. The molecule has 0 atom stereocenters. The molecule has 1 aromatic heterocycles. The Hall–Kier alpha value is -2.21. The zero-order valence-electron chi connectivity index (χ0n) is 13.4. The molecule has 3 aromatic rings. The lowest BCUT2D eigenvalue weighted by molar-refractivity contribution is 0.0994. The van der Waals surface area contributed by atoms with E-state index < -0.39 is 0 Å². The van der Waals surface area contributed by atoms with Gasteiger partial charge in [0.05, 0.1) is 22.1 Å². The van der Waals surface area contributed by atoms with Crippen molar-refractivity contribution in [3.63, 3.8) is 0 Å². The van der Waals surface area contributed by atoms with E-state index in [-0.39, 0.29) is 23.2 Å². The van der Waals surface area contributed by atoms with Crippen molar-refractivity contribution in [2.24, 2.45) is 0 Å². The van der Waals surface area contributed by atoms with Gasteiger partial charge in [-0.1, -0.05) is 29.3 Å². The lowest BCUT2D eigenvalue weighted by atomic mass is 10.1. The van der Waals surface area contributed by atoms with Crippen molar-refractivity contribution in [1.82, 2.24) is 0 Å². The third-order valence-corrected chi connectivity index (χ3v) is 5.18. The number of carbonyl (C=O) groups is 2. The minimum Gasteiger partial charge on any atom is -0.459 e. The topological polar surface area (TPSA) is 59.3 Å². The quantitative estimate of drug-likeness (QED) is 0.414. The Balaban J connectivity index is 1.62. The predicted molar refractivity (Wildman–Crippen MR) is 105 cm³/mol. The summed E-state index contributed by atoms with van der Waals surface area (Å²) < 4.78 is 5.06. The summed E-state index contributed by atoms with van der Waals surface area (Å²) in [7, 11) is 0. The second-order valence-electron chi connectivity index (χ2n) is 5.30. The van der Waals surface area contributed by atoms with E-state index in [9.17, 15) is 9.59 Å². The Morgan fingerprint density at radius 2 is 1.85 bits per heavy atom. The van der Waals surface area contributed by atoms with Crippen LogP contribution in [0.3, 0.4) is 0 Å². The number of anilines is 1. The number of ketones is 1. The highest BCUT2D eigenvalue weighted by molar-refractivity contribution is 8.00. The third-order valence-electron chi connectivity index (χ3n) is 3.45. The largest absolute Gasteiger partial charge is 0.459 e. The van der Waals surface area contributed by atoms with Crippen LogP contribution in [0.15, 0.2) is 70.2 Å². The van der Waals surface area contributed by atoms with Crippen LogP contribution in [0.1, 0.15) is 20.9 Å². The summed E-state index contributed by atoms with van der Waals surface area (Å²) in [4.78, 5) is 25.2. The molecule has 1 heterocycles. The van der Waals surface area contributed by atoms with Gasteiger partial charge in [0.2, 0.25) is 0 Å². The summed E-state index contributed by atoms with van der Waals surface area (Å²) in [6.07, 6.45) is 1.44. The number of amides is 1. The Morgan fingerprint density at radius 3 is 2.58 bits per heavy atom. The van der Waals surface area contributed by atoms with Gasteiger partial charge in [0.25, 0.3) is 5.91 Å². The number of rotatable bonds is 6. The van der Waals surface area contributed by atoms with Crippen LogP contribution in [0.2, 0.25) is 10.0 Å². The van der Waals surface area contributed by atoms with Crippen molar-refractivity contribution in [3.8, 4) is 0 Å². The van der Waals surface area contributed by atoms with Crippen LogP contribution in [0.4, 0.5) is 5.69 Å². The molecule has 0 aliphatic heterocycles. The van der Waals surface area contributed by atoms with E-state index in [2.05, 4.69) is 5.32 Å². The fourth-order valence-corrected chi connectivity index (χ4v) is 3.31. The first-order valence-electron chi connectivity index (χ1n) is 7.59. The summed E-state index contributed by atoms with van der Waals surface area (Å²) in [6.45, 7) is 0. The van der Waals surface area contributed by atoms with Gasteiger partial charge < -0.3 is 9.73 Å². The van der Waals surface area contributed by atoms with E-state index in [1.807, 2.05) is 12.1 Å². The number of hydrogen-bond acceptors (Lipinski definition) is 4. The highest BCUT2D eigenvalue weighted by Crippen LogP contribution is 2.26. The molecular formula is C19H13Cl2NO3S. The molecule has 1 amide bonds. The number of carbonyl (C=O) groups excluding carboxylic acids is 2. The monoisotopic (exact) mass is 405 g/mol. The van der Waals surface area contributed by atoms with Gasteiger partial charge in [0.1, 0.15) is 0 Å². The number of Topliss-reactive ketones (excluding diaryl/α,β-unsaturated/α-hetero) is 1. The maximum absolute atomic E-state index is 12.3. The molecule has 3 rings (SSSR count). The summed E-state index contributed by atoms with van der Waals surface area (Å²) in [5, 5.41) is 3.52. The van der Waals surface area contributed by atoms with Gasteiger partial charge in [-0.25, -0.2) is 0 Å². The molecule has 4 nitrogen and oxygen atoms in total. The smallest absolute Gasteiger partial charge is 0.291 e. The van der Waals surface area contributed by atoms with Gasteiger partial charge in [-0.15, -0.1) is 11.8 Å². The van der Waals surface area contributed by atoms with Crippen LogP contribution in [0, 0.1) is 0 Å². The van der Waals surface area contributed by atoms with E-state index in [0.717, 1.165) is 4.90 Å². The van der Waals surface area contributed by atoms with Gasteiger partial charge in [-0.05, 0) is 48.5 Å². The number of benzene rings is 2. The van der Waals surface area contributed by atoms with Crippen LogP contribution < -0.4 is 5.32 Å². The first-order valence-corrected chi connectivity index (χ1v) is 9.33. The maximum atomic E-state index is 12.3. The molecule has 0 saturated heterocycles. The van der Waals surface area contributed by atoms with Crippen LogP contribution in [-0.2, 0) is 0 Å². The Labute approximate surface area is 164 Å². The van der Waals surface area contributed by atoms with Crippen LogP contribution in [0.25, 0.3) is 0 Å². The Kier molecular flexibility index (Phi) is 6.04. The van der Waals surface area contributed by atoms with Gasteiger partial charge in [-0.2, -0.15) is 0 Å². The molecule has 0 saturated carbocycles. The zero-order chi connectivity index (χ0) is 18.5. The van der Waals surface area contributed by atoms with Crippen molar-refractivity contribution in [2.75, 3.05) is 11.1 Å². The molecule has 1 N–H and O–H groups in total. The highest BCUT2D eigenvalue weighted by Gasteiger charge is 2.11. The average molecular weight is 406 g/mol. The molecule has 0 spiro atoms. The van der Waals surface area contributed by atoms with E-state index >= 15 is 0 Å². The minimum absolute atomic E-state index is 0.0569. The normalized spacial score (nSPS) is 10.5. The van der Waals surface area contributed by atoms with Gasteiger partial charge in [0.15, 0.2) is 11.5 Å².